The van der Waals surface area contributed by atoms with Crippen LogP contribution in [0.3, 0.4) is 0 Å². The molecular weight excluding hydrogens is 438 g/mol. The van der Waals surface area contributed by atoms with E-state index >= 15 is 0 Å². The third kappa shape index (κ3) is 6.60. The summed E-state index contributed by atoms with van der Waals surface area (Å²) >= 11 is 0. The molecule has 0 atom stereocenters. The maximum atomic E-state index is 12.5. The quantitative estimate of drug-likeness (QED) is 0.317. The number of aromatic nitrogens is 2. The summed E-state index contributed by atoms with van der Waals surface area (Å²) in [6, 6.07) is 23.6. The number of rotatable bonds is 9. The molecule has 0 aliphatic heterocycles. The molecule has 4 rings (SSSR count). The van der Waals surface area contributed by atoms with Crippen molar-refractivity contribution in [3.05, 3.63) is 113 Å². The van der Waals surface area contributed by atoms with Crippen molar-refractivity contribution >= 4 is 17.8 Å². The van der Waals surface area contributed by atoms with E-state index in [-0.39, 0.29) is 5.91 Å². The predicted molar refractivity (Wildman–Crippen MR) is 139 cm³/mol. The standard InChI is InChI=1S/C29H29N3O3/c1-21-7-6-10-26(17-21)35-20-25-18-23(11-13-27(25)34-3)12-14-29(33)30-28-15-16-32(31-28)19-24-9-5-4-8-22(24)2/h4-18H,19-20H2,1-3H3,(H,30,31,33)/b14-12+. The lowest BCUT2D eigenvalue weighted by molar-refractivity contribution is -0.111. The van der Waals surface area contributed by atoms with Gasteiger partial charge in [0.1, 0.15) is 18.1 Å². The van der Waals surface area contributed by atoms with Crippen LogP contribution in [-0.4, -0.2) is 22.8 Å². The highest BCUT2D eigenvalue weighted by Gasteiger charge is 2.07. The van der Waals surface area contributed by atoms with E-state index in [4.69, 9.17) is 9.47 Å². The van der Waals surface area contributed by atoms with Gasteiger partial charge in [0.15, 0.2) is 5.82 Å². The molecule has 0 radical (unpaired) electrons. The van der Waals surface area contributed by atoms with E-state index in [9.17, 15) is 4.79 Å². The van der Waals surface area contributed by atoms with Gasteiger partial charge < -0.3 is 14.8 Å². The summed E-state index contributed by atoms with van der Waals surface area (Å²) in [6.45, 7) is 5.11. The summed E-state index contributed by atoms with van der Waals surface area (Å²) in [4.78, 5) is 12.5. The zero-order valence-corrected chi connectivity index (χ0v) is 20.2. The molecule has 0 fully saturated rings. The lowest BCUT2D eigenvalue weighted by Gasteiger charge is -2.11. The Morgan fingerprint density at radius 3 is 2.66 bits per heavy atom. The number of carbonyl (C=O) groups is 1. The highest BCUT2D eigenvalue weighted by atomic mass is 16.5. The SMILES string of the molecule is COc1ccc(/C=C/C(=O)Nc2ccn(Cc3ccccc3C)n2)cc1COc1cccc(C)c1. The Kier molecular flexibility index (Phi) is 7.63. The predicted octanol–water partition coefficient (Wildman–Crippen LogP) is 5.79. The first kappa shape index (κ1) is 23.8. The van der Waals surface area contributed by atoms with Crippen LogP contribution in [0.1, 0.15) is 27.8 Å². The number of benzene rings is 3. The Hall–Kier alpha value is -4.32. The molecule has 6 heteroatoms. The van der Waals surface area contributed by atoms with Crippen LogP contribution < -0.4 is 14.8 Å². The van der Waals surface area contributed by atoms with Crippen molar-refractivity contribution in [1.82, 2.24) is 9.78 Å². The molecule has 35 heavy (non-hydrogen) atoms. The summed E-state index contributed by atoms with van der Waals surface area (Å²) in [6.07, 6.45) is 5.11. The molecule has 6 nitrogen and oxygen atoms in total. The van der Waals surface area contributed by atoms with Gasteiger partial charge in [-0.2, -0.15) is 5.10 Å². The Morgan fingerprint density at radius 2 is 1.86 bits per heavy atom. The number of nitrogens with one attached hydrogen (secondary N) is 1. The number of amides is 1. The summed E-state index contributed by atoms with van der Waals surface area (Å²) in [7, 11) is 1.63. The first-order valence-electron chi connectivity index (χ1n) is 11.4. The van der Waals surface area contributed by atoms with E-state index in [0.29, 0.717) is 19.0 Å². The van der Waals surface area contributed by atoms with Gasteiger partial charge >= 0.3 is 0 Å². The van der Waals surface area contributed by atoms with Crippen LogP contribution in [-0.2, 0) is 17.9 Å². The van der Waals surface area contributed by atoms with E-state index < -0.39 is 0 Å². The van der Waals surface area contributed by atoms with E-state index in [1.807, 2.05) is 72.4 Å². The van der Waals surface area contributed by atoms with Crippen LogP contribution in [0.25, 0.3) is 6.08 Å². The van der Waals surface area contributed by atoms with Crippen LogP contribution in [0.15, 0.2) is 85.1 Å². The van der Waals surface area contributed by atoms with Crippen molar-refractivity contribution < 1.29 is 14.3 Å². The largest absolute Gasteiger partial charge is 0.496 e. The monoisotopic (exact) mass is 467 g/mol. The Labute approximate surface area is 205 Å². The van der Waals surface area contributed by atoms with Gasteiger partial charge in [-0.25, -0.2) is 0 Å². The molecule has 178 valence electrons. The lowest BCUT2D eigenvalue weighted by Crippen LogP contribution is -2.09. The number of anilines is 1. The second-order valence-electron chi connectivity index (χ2n) is 8.32. The fraction of sp³-hybridized carbons (Fsp3) is 0.172. The third-order valence-corrected chi connectivity index (χ3v) is 5.60. The van der Waals surface area contributed by atoms with Crippen LogP contribution in [0, 0.1) is 13.8 Å². The summed E-state index contributed by atoms with van der Waals surface area (Å²) < 4.78 is 13.2. The smallest absolute Gasteiger partial charge is 0.249 e. The van der Waals surface area contributed by atoms with Crippen molar-refractivity contribution in [3.8, 4) is 11.5 Å². The number of hydrogen-bond acceptors (Lipinski definition) is 4. The van der Waals surface area contributed by atoms with E-state index in [2.05, 4.69) is 29.5 Å². The minimum atomic E-state index is -0.250. The number of hydrogen-bond donors (Lipinski definition) is 1. The van der Waals surface area contributed by atoms with Crippen molar-refractivity contribution in [2.24, 2.45) is 0 Å². The average molecular weight is 468 g/mol. The first-order chi connectivity index (χ1) is 17.0. The number of carbonyl (C=O) groups excluding carboxylic acids is 1. The molecule has 1 N–H and O–H groups in total. The van der Waals surface area contributed by atoms with Crippen LogP contribution in [0.2, 0.25) is 0 Å². The van der Waals surface area contributed by atoms with Gasteiger partial charge in [0, 0.05) is 23.9 Å². The van der Waals surface area contributed by atoms with E-state index in [1.54, 1.807) is 19.3 Å². The molecule has 0 unspecified atom stereocenters. The molecule has 0 aliphatic rings. The fourth-order valence-corrected chi connectivity index (χ4v) is 3.70. The zero-order valence-electron chi connectivity index (χ0n) is 20.2. The molecule has 0 saturated heterocycles. The fourth-order valence-electron chi connectivity index (χ4n) is 3.70. The minimum absolute atomic E-state index is 0.250. The number of ether oxygens (including phenoxy) is 2. The second-order valence-corrected chi connectivity index (χ2v) is 8.32. The number of methoxy groups -OCH3 is 1. The molecule has 3 aromatic carbocycles. The van der Waals surface area contributed by atoms with Gasteiger partial charge in [-0.1, -0.05) is 42.5 Å². The molecule has 0 spiro atoms. The van der Waals surface area contributed by atoms with Gasteiger partial charge in [-0.15, -0.1) is 0 Å². The van der Waals surface area contributed by atoms with Crippen LogP contribution >= 0.6 is 0 Å². The zero-order chi connectivity index (χ0) is 24.6. The topological polar surface area (TPSA) is 65.4 Å². The van der Waals surface area contributed by atoms with E-state index in [1.165, 1.54) is 17.2 Å². The van der Waals surface area contributed by atoms with Gasteiger partial charge in [0.2, 0.25) is 5.91 Å². The van der Waals surface area contributed by atoms with Crippen molar-refractivity contribution in [1.29, 1.82) is 0 Å². The van der Waals surface area contributed by atoms with E-state index in [0.717, 1.165) is 28.2 Å². The lowest BCUT2D eigenvalue weighted by atomic mass is 10.1. The number of aryl methyl sites for hydroxylation is 2. The average Bonchev–Trinajstić information content (AvgIpc) is 3.29. The third-order valence-electron chi connectivity index (χ3n) is 5.60. The van der Waals surface area contributed by atoms with Crippen LogP contribution in [0.4, 0.5) is 5.82 Å². The van der Waals surface area contributed by atoms with Gasteiger partial charge in [0.25, 0.3) is 0 Å². The molecule has 0 aliphatic carbocycles. The second kappa shape index (κ2) is 11.2. The van der Waals surface area contributed by atoms with Crippen molar-refractivity contribution in [2.45, 2.75) is 27.0 Å². The summed E-state index contributed by atoms with van der Waals surface area (Å²) in [5.74, 6) is 1.79. The molecule has 1 heterocycles. The van der Waals surface area contributed by atoms with Gasteiger partial charge in [0.05, 0.1) is 13.7 Å². The Morgan fingerprint density at radius 1 is 1.00 bits per heavy atom. The summed E-state index contributed by atoms with van der Waals surface area (Å²) in [5, 5.41) is 7.27. The Bertz CT molecular complexity index is 1340. The maximum absolute atomic E-state index is 12.5. The molecule has 1 aromatic heterocycles. The van der Waals surface area contributed by atoms with Gasteiger partial charge in [-0.3, -0.25) is 9.48 Å². The minimum Gasteiger partial charge on any atom is -0.496 e. The summed E-state index contributed by atoms with van der Waals surface area (Å²) in [5.41, 5.74) is 5.30. The highest BCUT2D eigenvalue weighted by molar-refractivity contribution is 6.01. The molecule has 4 aromatic rings. The molecule has 0 saturated carbocycles. The maximum Gasteiger partial charge on any atom is 0.249 e. The van der Waals surface area contributed by atoms with Crippen LogP contribution in [0.5, 0.6) is 11.5 Å². The van der Waals surface area contributed by atoms with Crippen molar-refractivity contribution in [2.75, 3.05) is 12.4 Å². The molecular formula is C29H29N3O3. The normalized spacial score (nSPS) is 10.9. The number of nitrogens with zero attached hydrogens (tertiary/aromatic N) is 2. The highest BCUT2D eigenvalue weighted by Crippen LogP contribution is 2.23. The molecule has 0 bridgehead atoms. The first-order valence-corrected chi connectivity index (χ1v) is 11.4. The molecule has 1 amide bonds. The Balaban J connectivity index is 1.37. The van der Waals surface area contributed by atoms with Gasteiger partial charge in [-0.05, 0) is 66.4 Å². The van der Waals surface area contributed by atoms with Crippen molar-refractivity contribution in [3.63, 3.8) is 0 Å².